The molecule has 2 aromatic carbocycles. The number of halogens is 1. The molecule has 28 heavy (non-hydrogen) atoms. The van der Waals surface area contributed by atoms with Gasteiger partial charge in [-0.05, 0) is 60.6 Å². The first-order chi connectivity index (χ1) is 13.4. The molecule has 2 aromatic rings. The van der Waals surface area contributed by atoms with Crippen LogP contribution in [0.25, 0.3) is 11.1 Å². The van der Waals surface area contributed by atoms with Crippen LogP contribution in [0.2, 0.25) is 5.02 Å². The summed E-state index contributed by atoms with van der Waals surface area (Å²) in [4.78, 5) is 11.9. The predicted molar refractivity (Wildman–Crippen MR) is 108 cm³/mol. The van der Waals surface area contributed by atoms with Crippen LogP contribution in [0.3, 0.4) is 0 Å². The van der Waals surface area contributed by atoms with Crippen molar-refractivity contribution < 1.29 is 18.3 Å². The second-order valence-corrected chi connectivity index (χ2v) is 9.85. The molecule has 0 spiro atoms. The Hall–Kier alpha value is -1.89. The summed E-state index contributed by atoms with van der Waals surface area (Å²) in [7, 11) is -3.88. The maximum Gasteiger partial charge on any atom is 0.322 e. The minimum Gasteiger partial charge on any atom is -0.480 e. The van der Waals surface area contributed by atoms with Gasteiger partial charge in [0.1, 0.15) is 6.04 Å². The average Bonchev–Trinajstić information content (AvgIpc) is 3.09. The average molecular weight is 420 g/mol. The Morgan fingerprint density at radius 2 is 1.54 bits per heavy atom. The largest absolute Gasteiger partial charge is 0.480 e. The van der Waals surface area contributed by atoms with Crippen LogP contribution in [0.4, 0.5) is 0 Å². The van der Waals surface area contributed by atoms with Crippen LogP contribution in [0.1, 0.15) is 32.1 Å². The summed E-state index contributed by atoms with van der Waals surface area (Å²) in [5.41, 5.74) is 1.81. The number of fused-ring (bicyclic) bond motifs is 1. The third kappa shape index (κ3) is 3.45. The lowest BCUT2D eigenvalue weighted by Gasteiger charge is -2.32. The van der Waals surface area contributed by atoms with Crippen LogP contribution < -0.4 is 0 Å². The lowest BCUT2D eigenvalue weighted by molar-refractivity contribution is -0.141. The third-order valence-corrected chi connectivity index (χ3v) is 8.12. The van der Waals surface area contributed by atoms with E-state index in [0.29, 0.717) is 11.4 Å². The number of carboxylic acid groups (broad SMARTS) is 1. The Kier molecular flexibility index (Phi) is 5.21. The highest BCUT2D eigenvalue weighted by molar-refractivity contribution is 7.89. The van der Waals surface area contributed by atoms with E-state index in [9.17, 15) is 18.3 Å². The van der Waals surface area contributed by atoms with Crippen LogP contribution in [-0.4, -0.2) is 35.9 Å². The summed E-state index contributed by atoms with van der Waals surface area (Å²) in [6, 6.07) is 12.8. The summed E-state index contributed by atoms with van der Waals surface area (Å²) >= 11 is 5.92. The van der Waals surface area contributed by atoms with Gasteiger partial charge in [0.15, 0.2) is 0 Å². The van der Waals surface area contributed by atoms with Gasteiger partial charge in [0.25, 0.3) is 0 Å². The summed E-state index contributed by atoms with van der Waals surface area (Å²) in [6.07, 6.45) is 4.01. The molecule has 1 heterocycles. The van der Waals surface area contributed by atoms with Crippen LogP contribution in [-0.2, 0) is 14.8 Å². The van der Waals surface area contributed by atoms with Gasteiger partial charge in [0, 0.05) is 11.1 Å². The van der Waals surface area contributed by atoms with Gasteiger partial charge >= 0.3 is 5.97 Å². The maximum atomic E-state index is 13.3. The second-order valence-electron chi connectivity index (χ2n) is 7.57. The number of hydrogen-bond acceptors (Lipinski definition) is 3. The Morgan fingerprint density at radius 1 is 0.964 bits per heavy atom. The van der Waals surface area contributed by atoms with Crippen molar-refractivity contribution in [3.05, 3.63) is 53.6 Å². The summed E-state index contributed by atoms with van der Waals surface area (Å²) in [5, 5.41) is 10.3. The second kappa shape index (κ2) is 7.50. The molecule has 3 atom stereocenters. The number of benzene rings is 2. The monoisotopic (exact) mass is 419 g/mol. The standard InChI is InChI=1S/C21H22ClNO4S/c22-17-9-5-14(6-10-17)15-7-11-18(12-8-15)28(26,27)23-19-4-2-1-3-16(19)13-20(23)21(24)25/h5-12,16,19-20H,1-4,13H2,(H,24,25). The molecule has 0 radical (unpaired) electrons. The summed E-state index contributed by atoms with van der Waals surface area (Å²) in [5.74, 6) is -0.922. The van der Waals surface area contributed by atoms with E-state index in [1.807, 2.05) is 12.1 Å². The van der Waals surface area contributed by atoms with Crippen LogP contribution in [0.5, 0.6) is 0 Å². The van der Waals surface area contributed by atoms with E-state index >= 15 is 0 Å². The molecule has 5 nitrogen and oxygen atoms in total. The van der Waals surface area contributed by atoms with Crippen LogP contribution >= 0.6 is 11.6 Å². The molecule has 1 aliphatic carbocycles. The van der Waals surface area contributed by atoms with Gasteiger partial charge in [-0.15, -0.1) is 0 Å². The molecule has 4 rings (SSSR count). The van der Waals surface area contributed by atoms with E-state index in [0.717, 1.165) is 36.8 Å². The van der Waals surface area contributed by atoms with Gasteiger partial charge in [-0.3, -0.25) is 4.79 Å². The lowest BCUT2D eigenvalue weighted by Crippen LogP contribution is -2.46. The van der Waals surface area contributed by atoms with E-state index in [-0.39, 0.29) is 16.9 Å². The minimum atomic E-state index is -3.88. The van der Waals surface area contributed by atoms with E-state index in [4.69, 9.17) is 11.6 Å². The molecule has 0 amide bonds. The highest BCUT2D eigenvalue weighted by Crippen LogP contribution is 2.42. The fraction of sp³-hybridized carbons (Fsp3) is 0.381. The normalized spacial score (nSPS) is 25.4. The summed E-state index contributed by atoms with van der Waals surface area (Å²) in [6.45, 7) is 0. The number of hydrogen-bond donors (Lipinski definition) is 1. The molecule has 7 heteroatoms. The van der Waals surface area contributed by atoms with Gasteiger partial charge in [-0.1, -0.05) is 48.7 Å². The van der Waals surface area contributed by atoms with Gasteiger partial charge < -0.3 is 5.11 Å². The molecule has 148 valence electrons. The molecule has 2 fully saturated rings. The molecule has 2 aliphatic rings. The Labute approximate surface area is 170 Å². The number of sulfonamides is 1. The molecule has 1 N–H and O–H groups in total. The number of aliphatic carboxylic acids is 1. The van der Waals surface area contributed by atoms with Gasteiger partial charge in [-0.2, -0.15) is 4.31 Å². The van der Waals surface area contributed by atoms with E-state index in [1.165, 1.54) is 4.31 Å². The van der Waals surface area contributed by atoms with Crippen molar-refractivity contribution in [2.24, 2.45) is 5.92 Å². The number of rotatable bonds is 4. The smallest absolute Gasteiger partial charge is 0.322 e. The quantitative estimate of drug-likeness (QED) is 0.796. The zero-order valence-electron chi connectivity index (χ0n) is 15.3. The molecule has 1 aliphatic heterocycles. The fourth-order valence-corrected chi connectivity index (χ4v) is 6.55. The van der Waals surface area contributed by atoms with E-state index in [2.05, 4.69) is 0 Å². The molecular weight excluding hydrogens is 398 g/mol. The topological polar surface area (TPSA) is 74.7 Å². The Balaban J connectivity index is 1.66. The van der Waals surface area contributed by atoms with Crippen molar-refractivity contribution >= 4 is 27.6 Å². The highest BCUT2D eigenvalue weighted by Gasteiger charge is 2.51. The lowest BCUT2D eigenvalue weighted by atomic mass is 9.85. The highest BCUT2D eigenvalue weighted by atomic mass is 35.5. The minimum absolute atomic E-state index is 0.137. The first-order valence-corrected chi connectivity index (χ1v) is 11.3. The van der Waals surface area contributed by atoms with E-state index in [1.54, 1.807) is 36.4 Å². The zero-order valence-corrected chi connectivity index (χ0v) is 16.9. The molecule has 1 saturated carbocycles. The predicted octanol–water partition coefficient (Wildman–Crippen LogP) is 4.41. The first-order valence-electron chi connectivity index (χ1n) is 9.50. The fourth-order valence-electron chi connectivity index (χ4n) is 4.56. The van der Waals surface area contributed by atoms with Gasteiger partial charge in [-0.25, -0.2) is 8.42 Å². The number of carboxylic acids is 1. The molecule has 0 aromatic heterocycles. The van der Waals surface area contributed by atoms with Crippen molar-refractivity contribution in [3.8, 4) is 11.1 Å². The third-order valence-electron chi connectivity index (χ3n) is 5.92. The van der Waals surface area contributed by atoms with Gasteiger partial charge in [0.2, 0.25) is 10.0 Å². The van der Waals surface area contributed by atoms with Gasteiger partial charge in [0.05, 0.1) is 4.90 Å². The Bertz CT molecular complexity index is 972. The van der Waals surface area contributed by atoms with Crippen molar-refractivity contribution in [3.63, 3.8) is 0 Å². The molecule has 0 bridgehead atoms. The van der Waals surface area contributed by atoms with Crippen LogP contribution in [0.15, 0.2) is 53.4 Å². The SMILES string of the molecule is O=C(O)C1CC2CCCCC2N1S(=O)(=O)c1ccc(-c2ccc(Cl)cc2)cc1. The Morgan fingerprint density at radius 3 is 2.14 bits per heavy atom. The molecular formula is C21H22ClNO4S. The molecule has 3 unspecified atom stereocenters. The van der Waals surface area contributed by atoms with Crippen molar-refractivity contribution in [2.75, 3.05) is 0 Å². The number of carbonyl (C=O) groups is 1. The van der Waals surface area contributed by atoms with Crippen molar-refractivity contribution in [2.45, 2.75) is 49.1 Å². The molecule has 1 saturated heterocycles. The van der Waals surface area contributed by atoms with Crippen LogP contribution in [0, 0.1) is 5.92 Å². The van der Waals surface area contributed by atoms with Crippen molar-refractivity contribution in [1.29, 1.82) is 0 Å². The summed E-state index contributed by atoms with van der Waals surface area (Å²) < 4.78 is 28.0. The van der Waals surface area contributed by atoms with E-state index < -0.39 is 22.0 Å². The first kappa shape index (κ1) is 19.4. The zero-order chi connectivity index (χ0) is 19.9. The van der Waals surface area contributed by atoms with Crippen molar-refractivity contribution in [1.82, 2.24) is 4.31 Å². The number of nitrogens with zero attached hydrogens (tertiary/aromatic N) is 1. The maximum absolute atomic E-state index is 13.3.